The van der Waals surface area contributed by atoms with Gasteiger partial charge in [0.1, 0.15) is 0 Å². The maximum atomic E-state index is 3.76. The van der Waals surface area contributed by atoms with E-state index < -0.39 is 0 Å². The van der Waals surface area contributed by atoms with E-state index in [-0.39, 0.29) is 31.1 Å². The molecule has 0 aromatic rings. The summed E-state index contributed by atoms with van der Waals surface area (Å²) in [5.74, 6) is 0. The number of hydrogen-bond donors (Lipinski definition) is 0. The van der Waals surface area contributed by atoms with E-state index in [0.29, 0.717) is 0 Å². The first-order valence-corrected chi connectivity index (χ1v) is 3.16. The molecule has 0 N–H and O–H groups in total. The molecule has 0 amide bonds. The molecular formula is C7H15NU. The van der Waals surface area contributed by atoms with Gasteiger partial charge in [0.05, 0.1) is 0 Å². The van der Waals surface area contributed by atoms with Crippen LogP contribution in [0.4, 0.5) is 0 Å². The zero-order valence-corrected chi connectivity index (χ0v) is 10.4. The van der Waals surface area contributed by atoms with E-state index in [1.807, 2.05) is 0 Å². The summed E-state index contributed by atoms with van der Waals surface area (Å²) in [5, 5.41) is 0. The minimum absolute atomic E-state index is 0. The van der Waals surface area contributed by atoms with Crippen molar-refractivity contribution in [1.29, 1.82) is 0 Å². The molecule has 0 aliphatic rings. The fraction of sp³-hybridized carbons (Fsp3) is 0.714. The van der Waals surface area contributed by atoms with Crippen LogP contribution in [0, 0.1) is 45.0 Å². The normalized spacial score (nSPS) is 9.33. The Hall–Kier alpha value is 1.01. The quantitative estimate of drug-likeness (QED) is 0.692. The van der Waals surface area contributed by atoms with Crippen LogP contribution >= 0.6 is 0 Å². The third-order valence-corrected chi connectivity index (χ3v) is 1.17. The Morgan fingerprint density at radius 2 is 1.67 bits per heavy atom. The van der Waals surface area contributed by atoms with Gasteiger partial charge in [0, 0.05) is 0 Å². The second-order valence-corrected chi connectivity index (χ2v) is 1.84. The van der Waals surface area contributed by atoms with Crippen molar-refractivity contribution in [2.45, 2.75) is 13.3 Å². The molecule has 0 heterocycles. The fourth-order valence-corrected chi connectivity index (χ4v) is 0.652. The third kappa shape index (κ3) is 6.90. The maximum Gasteiger partial charge on any atom is 2.00 e. The minimum Gasteiger partial charge on any atom is -0.363 e. The Bertz CT molecular complexity index is 44.2. The van der Waals surface area contributed by atoms with Crippen molar-refractivity contribution in [3.05, 3.63) is 13.8 Å². The van der Waals surface area contributed by atoms with E-state index >= 15 is 0 Å². The Morgan fingerprint density at radius 1 is 1.22 bits per heavy atom. The molecule has 0 saturated carbocycles. The molecule has 0 aromatic heterocycles. The van der Waals surface area contributed by atoms with Crippen molar-refractivity contribution >= 4 is 0 Å². The zero-order chi connectivity index (χ0) is 6.41. The second kappa shape index (κ2) is 9.01. The van der Waals surface area contributed by atoms with Gasteiger partial charge in [0.15, 0.2) is 0 Å². The van der Waals surface area contributed by atoms with Crippen LogP contribution in [0.3, 0.4) is 0 Å². The van der Waals surface area contributed by atoms with Crippen molar-refractivity contribution in [3.8, 4) is 0 Å². The summed E-state index contributed by atoms with van der Waals surface area (Å²) in [4.78, 5) is 2.21. The van der Waals surface area contributed by atoms with Crippen LogP contribution in [0.15, 0.2) is 0 Å². The molecule has 0 aromatic carbocycles. The maximum absolute atomic E-state index is 3.76. The molecule has 0 bridgehead atoms. The van der Waals surface area contributed by atoms with Gasteiger partial charge in [-0.1, -0.05) is 6.92 Å². The Morgan fingerprint density at radius 3 is 1.78 bits per heavy atom. The van der Waals surface area contributed by atoms with Crippen LogP contribution in [0.25, 0.3) is 0 Å². The molecule has 0 fully saturated rings. The van der Waals surface area contributed by atoms with E-state index in [1.165, 1.54) is 6.42 Å². The second-order valence-electron chi connectivity index (χ2n) is 1.84. The summed E-state index contributed by atoms with van der Waals surface area (Å²) in [5.41, 5.74) is 0. The Labute approximate surface area is 82.6 Å². The number of hydrogen-bond acceptors (Lipinski definition) is 1. The van der Waals surface area contributed by atoms with Gasteiger partial charge in [0.25, 0.3) is 0 Å². The van der Waals surface area contributed by atoms with Gasteiger partial charge in [-0.15, -0.1) is 13.1 Å². The van der Waals surface area contributed by atoms with Crippen molar-refractivity contribution in [3.63, 3.8) is 0 Å². The van der Waals surface area contributed by atoms with Gasteiger partial charge in [-0.3, -0.25) is 0 Å². The van der Waals surface area contributed by atoms with Gasteiger partial charge in [-0.05, 0) is 13.0 Å². The molecule has 1 nitrogen and oxygen atoms in total. The summed E-state index contributed by atoms with van der Waals surface area (Å²) >= 11 is 0. The van der Waals surface area contributed by atoms with Crippen LogP contribution in [-0.4, -0.2) is 24.5 Å². The van der Waals surface area contributed by atoms with E-state index in [9.17, 15) is 0 Å². The summed E-state index contributed by atoms with van der Waals surface area (Å²) in [6.45, 7) is 12.6. The Kier molecular flexibility index (Phi) is 12.7. The molecule has 0 rings (SSSR count). The topological polar surface area (TPSA) is 3.24 Å². The molecule has 52 valence electrons. The minimum atomic E-state index is 0. The monoisotopic (exact) mass is 351 g/mol. The van der Waals surface area contributed by atoms with E-state index in [1.54, 1.807) is 0 Å². The van der Waals surface area contributed by atoms with Crippen LogP contribution in [0.2, 0.25) is 0 Å². The summed E-state index contributed by atoms with van der Waals surface area (Å²) in [6.07, 6.45) is 1.20. The first-order chi connectivity index (χ1) is 3.85. The van der Waals surface area contributed by atoms with Gasteiger partial charge in [0.2, 0.25) is 0 Å². The molecule has 2 heteroatoms. The zero-order valence-electron chi connectivity index (χ0n) is 6.19. The van der Waals surface area contributed by atoms with E-state index in [4.69, 9.17) is 0 Å². The summed E-state index contributed by atoms with van der Waals surface area (Å²) < 4.78 is 0. The van der Waals surface area contributed by atoms with Crippen LogP contribution < -0.4 is 0 Å². The van der Waals surface area contributed by atoms with Crippen molar-refractivity contribution in [2.24, 2.45) is 0 Å². The summed E-state index contributed by atoms with van der Waals surface area (Å²) in [6, 6.07) is 0. The Balaban J connectivity index is 0. The molecule has 0 aliphatic carbocycles. The molecule has 0 spiro atoms. The van der Waals surface area contributed by atoms with E-state index in [0.717, 1.165) is 19.6 Å². The van der Waals surface area contributed by atoms with E-state index in [2.05, 4.69) is 25.7 Å². The predicted octanol–water partition coefficient (Wildman–Crippen LogP) is 1.37. The first-order valence-electron chi connectivity index (χ1n) is 3.16. The first kappa shape index (κ1) is 12.7. The molecular weight excluding hydrogens is 336 g/mol. The SMILES string of the molecule is [CH2-]CN(C[CH2-])CCC.[U+2]. The average Bonchev–Trinajstić information content (AvgIpc) is 1.83. The predicted molar refractivity (Wildman–Crippen MR) is 37.4 cm³/mol. The largest absolute Gasteiger partial charge is 2.00 e. The smallest absolute Gasteiger partial charge is 0.363 e. The number of rotatable bonds is 4. The van der Waals surface area contributed by atoms with Crippen molar-refractivity contribution < 1.29 is 31.1 Å². The molecule has 0 radical (unpaired) electrons. The summed E-state index contributed by atoms with van der Waals surface area (Å²) in [7, 11) is 0. The van der Waals surface area contributed by atoms with Gasteiger partial charge in [-0.2, -0.15) is 0 Å². The van der Waals surface area contributed by atoms with Crippen LogP contribution in [0.5, 0.6) is 0 Å². The van der Waals surface area contributed by atoms with Gasteiger partial charge >= 0.3 is 31.1 Å². The average molecular weight is 351 g/mol. The molecule has 0 saturated heterocycles. The molecule has 0 atom stereocenters. The molecule has 0 unspecified atom stereocenters. The van der Waals surface area contributed by atoms with Crippen LogP contribution in [-0.2, 0) is 0 Å². The van der Waals surface area contributed by atoms with Crippen molar-refractivity contribution in [2.75, 3.05) is 19.6 Å². The standard InChI is InChI=1S/C7H15N.U/c1-4-7-8(5-2)6-3;/h2-7H2,1H3;/q-2;+2. The molecule has 9 heavy (non-hydrogen) atoms. The van der Waals surface area contributed by atoms with Gasteiger partial charge < -0.3 is 18.7 Å². The molecule has 0 aliphatic heterocycles. The van der Waals surface area contributed by atoms with Gasteiger partial charge in [-0.25, -0.2) is 0 Å². The fourth-order valence-electron chi connectivity index (χ4n) is 0.652. The van der Waals surface area contributed by atoms with Crippen LogP contribution in [0.1, 0.15) is 13.3 Å². The number of nitrogens with zero attached hydrogens (tertiary/aromatic N) is 1. The third-order valence-electron chi connectivity index (χ3n) is 1.17. The van der Waals surface area contributed by atoms with Crippen molar-refractivity contribution in [1.82, 2.24) is 4.90 Å².